The van der Waals surface area contributed by atoms with Crippen LogP contribution in [-0.4, -0.2) is 17.4 Å². The molecule has 0 aromatic rings. The maximum Gasteiger partial charge on any atom is 0.236 e. The standard InChI is InChI=1S/C13H17FN2/c1-9-13(14)15-11-4-2-3-5-12(11)16(9)8-10-6-7-10/h10H,1-8H2. The average molecular weight is 220 g/mol. The summed E-state index contributed by atoms with van der Waals surface area (Å²) in [5.74, 6) is 0.375. The Morgan fingerprint density at radius 3 is 2.81 bits per heavy atom. The molecule has 2 nitrogen and oxygen atoms in total. The van der Waals surface area contributed by atoms with E-state index in [0.29, 0.717) is 5.70 Å². The quantitative estimate of drug-likeness (QED) is 0.696. The van der Waals surface area contributed by atoms with Crippen LogP contribution in [0.1, 0.15) is 38.5 Å². The highest BCUT2D eigenvalue weighted by atomic mass is 19.1. The molecule has 0 atom stereocenters. The number of hydrogen-bond acceptors (Lipinski definition) is 2. The van der Waals surface area contributed by atoms with Crippen LogP contribution >= 0.6 is 0 Å². The van der Waals surface area contributed by atoms with E-state index in [1.54, 1.807) is 0 Å². The summed E-state index contributed by atoms with van der Waals surface area (Å²) in [6.45, 7) is 4.78. The zero-order chi connectivity index (χ0) is 11.1. The first-order valence-corrected chi connectivity index (χ1v) is 6.19. The number of hydrogen-bond donors (Lipinski definition) is 0. The fourth-order valence-corrected chi connectivity index (χ4v) is 2.52. The molecule has 0 spiro atoms. The molecule has 1 saturated carbocycles. The molecule has 0 bridgehead atoms. The van der Waals surface area contributed by atoms with Gasteiger partial charge in [-0.15, -0.1) is 0 Å². The first-order valence-electron chi connectivity index (χ1n) is 6.19. The van der Waals surface area contributed by atoms with Crippen molar-refractivity contribution < 1.29 is 4.39 Å². The summed E-state index contributed by atoms with van der Waals surface area (Å²) in [6, 6.07) is 0. The molecule has 3 rings (SSSR count). The zero-order valence-corrected chi connectivity index (χ0v) is 9.51. The van der Waals surface area contributed by atoms with Crippen LogP contribution in [0.3, 0.4) is 0 Å². The second-order valence-electron chi connectivity index (χ2n) is 5.00. The SMILES string of the molecule is C=C1C(F)=NC2=C(CCCC2)N1CC1CC1. The third kappa shape index (κ3) is 1.68. The molecule has 16 heavy (non-hydrogen) atoms. The van der Waals surface area contributed by atoms with E-state index in [0.717, 1.165) is 37.4 Å². The Morgan fingerprint density at radius 1 is 1.31 bits per heavy atom. The van der Waals surface area contributed by atoms with Gasteiger partial charge < -0.3 is 4.90 Å². The fourth-order valence-electron chi connectivity index (χ4n) is 2.52. The highest BCUT2D eigenvalue weighted by Crippen LogP contribution is 2.38. The lowest BCUT2D eigenvalue weighted by Crippen LogP contribution is -2.32. The van der Waals surface area contributed by atoms with Gasteiger partial charge in [0.25, 0.3) is 0 Å². The molecule has 86 valence electrons. The van der Waals surface area contributed by atoms with Crippen molar-refractivity contribution in [1.29, 1.82) is 0 Å². The van der Waals surface area contributed by atoms with Crippen LogP contribution < -0.4 is 0 Å². The summed E-state index contributed by atoms with van der Waals surface area (Å²) in [5, 5.41) is 0. The predicted octanol–water partition coefficient (Wildman–Crippen LogP) is 3.38. The molecule has 2 aliphatic carbocycles. The van der Waals surface area contributed by atoms with Crippen LogP contribution in [0, 0.1) is 5.92 Å². The summed E-state index contributed by atoms with van der Waals surface area (Å²) >= 11 is 0. The Hall–Kier alpha value is -1.12. The van der Waals surface area contributed by atoms with Gasteiger partial charge in [0, 0.05) is 12.2 Å². The highest BCUT2D eigenvalue weighted by Gasteiger charge is 2.32. The molecule has 0 N–H and O–H groups in total. The second-order valence-corrected chi connectivity index (χ2v) is 5.00. The molecule has 1 aliphatic heterocycles. The Kier molecular flexibility index (Phi) is 2.34. The van der Waals surface area contributed by atoms with Crippen molar-refractivity contribution in [2.24, 2.45) is 10.9 Å². The van der Waals surface area contributed by atoms with Crippen molar-refractivity contribution in [3.05, 3.63) is 23.7 Å². The van der Waals surface area contributed by atoms with Gasteiger partial charge in [-0.1, -0.05) is 6.58 Å². The molecule has 0 amide bonds. The molecule has 3 aliphatic rings. The average Bonchev–Trinajstić information content (AvgIpc) is 3.08. The number of aliphatic imine (C=N–C) groups is 1. The zero-order valence-electron chi connectivity index (χ0n) is 9.51. The summed E-state index contributed by atoms with van der Waals surface area (Å²) in [6.07, 6.45) is 6.87. The third-order valence-electron chi connectivity index (χ3n) is 3.67. The van der Waals surface area contributed by atoms with Crippen molar-refractivity contribution >= 4 is 5.97 Å². The molecule has 0 radical (unpaired) electrons. The van der Waals surface area contributed by atoms with E-state index in [1.807, 2.05) is 0 Å². The van der Waals surface area contributed by atoms with Gasteiger partial charge in [-0.05, 0) is 44.4 Å². The minimum atomic E-state index is -0.374. The van der Waals surface area contributed by atoms with Gasteiger partial charge >= 0.3 is 0 Å². The first-order chi connectivity index (χ1) is 7.75. The molecular weight excluding hydrogens is 203 g/mol. The number of allylic oxidation sites excluding steroid dienone is 3. The molecule has 0 unspecified atom stereocenters. The minimum Gasteiger partial charge on any atom is -0.340 e. The van der Waals surface area contributed by atoms with Crippen LogP contribution in [0.5, 0.6) is 0 Å². The van der Waals surface area contributed by atoms with Crippen molar-refractivity contribution in [3.63, 3.8) is 0 Å². The topological polar surface area (TPSA) is 15.6 Å². The van der Waals surface area contributed by atoms with E-state index in [9.17, 15) is 4.39 Å². The van der Waals surface area contributed by atoms with Crippen molar-refractivity contribution in [3.8, 4) is 0 Å². The van der Waals surface area contributed by atoms with Crippen molar-refractivity contribution in [1.82, 2.24) is 4.90 Å². The lowest BCUT2D eigenvalue weighted by atomic mass is 9.98. The first kappa shape index (κ1) is 10.1. The number of halogens is 1. The molecular formula is C13H17FN2. The Labute approximate surface area is 95.5 Å². The predicted molar refractivity (Wildman–Crippen MR) is 62.6 cm³/mol. The maximum absolute atomic E-state index is 13.6. The van der Waals surface area contributed by atoms with E-state index >= 15 is 0 Å². The summed E-state index contributed by atoms with van der Waals surface area (Å²) in [5.41, 5.74) is 2.69. The van der Waals surface area contributed by atoms with E-state index in [-0.39, 0.29) is 5.97 Å². The van der Waals surface area contributed by atoms with Crippen molar-refractivity contribution in [2.75, 3.05) is 6.54 Å². The van der Waals surface area contributed by atoms with Gasteiger partial charge in [0.2, 0.25) is 5.97 Å². The lowest BCUT2D eigenvalue weighted by Gasteiger charge is -2.34. The minimum absolute atomic E-state index is 0.374. The molecule has 3 heteroatoms. The Morgan fingerprint density at radius 2 is 2.06 bits per heavy atom. The Bertz CT molecular complexity index is 391. The normalized spacial score (nSPS) is 25.7. The van der Waals surface area contributed by atoms with Gasteiger partial charge in [0.1, 0.15) is 0 Å². The largest absolute Gasteiger partial charge is 0.340 e. The van der Waals surface area contributed by atoms with Crippen LogP contribution in [0.2, 0.25) is 0 Å². The van der Waals surface area contributed by atoms with Gasteiger partial charge in [0.15, 0.2) is 0 Å². The smallest absolute Gasteiger partial charge is 0.236 e. The molecule has 0 aromatic carbocycles. The van der Waals surface area contributed by atoms with Crippen molar-refractivity contribution in [2.45, 2.75) is 38.5 Å². The van der Waals surface area contributed by atoms with Gasteiger partial charge in [-0.2, -0.15) is 4.39 Å². The fraction of sp³-hybridized carbons (Fsp3) is 0.615. The number of nitrogens with zero attached hydrogens (tertiary/aromatic N) is 2. The molecule has 0 aromatic heterocycles. The summed E-state index contributed by atoms with van der Waals surface area (Å²) < 4.78 is 13.6. The van der Waals surface area contributed by atoms with Crippen LogP contribution in [0.15, 0.2) is 28.7 Å². The van der Waals surface area contributed by atoms with Crippen LogP contribution in [-0.2, 0) is 0 Å². The van der Waals surface area contributed by atoms with E-state index < -0.39 is 0 Å². The Balaban J connectivity index is 1.91. The van der Waals surface area contributed by atoms with Crippen LogP contribution in [0.4, 0.5) is 4.39 Å². The third-order valence-corrected chi connectivity index (χ3v) is 3.67. The van der Waals surface area contributed by atoms with Crippen LogP contribution in [0.25, 0.3) is 0 Å². The molecule has 1 heterocycles. The van der Waals surface area contributed by atoms with Gasteiger partial charge in [-0.25, -0.2) is 4.99 Å². The van der Waals surface area contributed by atoms with E-state index in [2.05, 4.69) is 16.5 Å². The van der Waals surface area contributed by atoms with Gasteiger partial charge in [-0.3, -0.25) is 0 Å². The van der Waals surface area contributed by atoms with E-state index in [1.165, 1.54) is 25.0 Å². The molecule has 1 fully saturated rings. The summed E-state index contributed by atoms with van der Waals surface area (Å²) in [7, 11) is 0. The van der Waals surface area contributed by atoms with E-state index in [4.69, 9.17) is 0 Å². The maximum atomic E-state index is 13.6. The second kappa shape index (κ2) is 3.72. The highest BCUT2D eigenvalue weighted by molar-refractivity contribution is 5.93. The molecule has 0 saturated heterocycles. The lowest BCUT2D eigenvalue weighted by molar-refractivity contribution is 0.373. The monoisotopic (exact) mass is 220 g/mol. The van der Waals surface area contributed by atoms with Gasteiger partial charge in [0.05, 0.1) is 11.4 Å². The number of rotatable bonds is 2. The summed E-state index contributed by atoms with van der Waals surface area (Å²) in [4.78, 5) is 6.14.